The summed E-state index contributed by atoms with van der Waals surface area (Å²) in [4.78, 5) is 4.26. The van der Waals surface area contributed by atoms with E-state index in [1.807, 2.05) is 6.07 Å². The standard InChI is InChI=1S/C12H18N2O/c1-15-11-10(5-4-8-14-11)12(9-13)6-2-3-7-12/h4-5,8H,2-3,6-7,9,13H2,1H3. The number of nitrogens with zero attached hydrogens (tertiary/aromatic N) is 1. The van der Waals surface area contributed by atoms with E-state index in [-0.39, 0.29) is 5.41 Å². The largest absolute Gasteiger partial charge is 0.481 e. The van der Waals surface area contributed by atoms with Crippen molar-refractivity contribution in [3.05, 3.63) is 23.9 Å². The average molecular weight is 206 g/mol. The molecule has 0 bridgehead atoms. The normalized spacial score (nSPS) is 19.1. The van der Waals surface area contributed by atoms with Crippen molar-refractivity contribution in [2.45, 2.75) is 31.1 Å². The Kier molecular flexibility index (Phi) is 2.91. The predicted molar refractivity (Wildman–Crippen MR) is 60.0 cm³/mol. The monoisotopic (exact) mass is 206 g/mol. The number of hydrogen-bond donors (Lipinski definition) is 1. The Balaban J connectivity index is 2.41. The summed E-state index contributed by atoms with van der Waals surface area (Å²) >= 11 is 0. The van der Waals surface area contributed by atoms with Crippen molar-refractivity contribution in [1.29, 1.82) is 0 Å². The molecule has 1 fully saturated rings. The summed E-state index contributed by atoms with van der Waals surface area (Å²) in [5.74, 6) is 0.741. The number of aromatic nitrogens is 1. The van der Waals surface area contributed by atoms with E-state index in [1.165, 1.54) is 18.4 Å². The van der Waals surface area contributed by atoms with Gasteiger partial charge in [-0.1, -0.05) is 18.9 Å². The second-order valence-electron chi connectivity index (χ2n) is 4.25. The van der Waals surface area contributed by atoms with Gasteiger partial charge in [-0.15, -0.1) is 0 Å². The van der Waals surface area contributed by atoms with Crippen molar-refractivity contribution in [3.63, 3.8) is 0 Å². The minimum Gasteiger partial charge on any atom is -0.481 e. The van der Waals surface area contributed by atoms with Crippen LogP contribution in [-0.4, -0.2) is 18.6 Å². The molecule has 0 unspecified atom stereocenters. The van der Waals surface area contributed by atoms with Gasteiger partial charge in [0, 0.05) is 23.7 Å². The molecule has 3 heteroatoms. The van der Waals surface area contributed by atoms with Gasteiger partial charge in [-0.25, -0.2) is 4.98 Å². The van der Waals surface area contributed by atoms with Crippen LogP contribution < -0.4 is 10.5 Å². The highest BCUT2D eigenvalue weighted by Crippen LogP contribution is 2.43. The minimum atomic E-state index is 0.111. The first kappa shape index (κ1) is 10.4. The van der Waals surface area contributed by atoms with Gasteiger partial charge in [-0.2, -0.15) is 0 Å². The van der Waals surface area contributed by atoms with Crippen LogP contribution in [0.2, 0.25) is 0 Å². The summed E-state index contributed by atoms with van der Waals surface area (Å²) in [7, 11) is 1.67. The third kappa shape index (κ3) is 1.72. The lowest BCUT2D eigenvalue weighted by molar-refractivity contribution is 0.363. The lowest BCUT2D eigenvalue weighted by atomic mass is 9.79. The molecule has 15 heavy (non-hydrogen) atoms. The van der Waals surface area contributed by atoms with Crippen LogP contribution >= 0.6 is 0 Å². The van der Waals surface area contributed by atoms with Gasteiger partial charge in [0.05, 0.1) is 7.11 Å². The molecule has 0 aliphatic heterocycles. The van der Waals surface area contributed by atoms with E-state index in [4.69, 9.17) is 10.5 Å². The van der Waals surface area contributed by atoms with Gasteiger partial charge in [0.1, 0.15) is 0 Å². The van der Waals surface area contributed by atoms with Crippen molar-refractivity contribution in [3.8, 4) is 5.88 Å². The Labute approximate surface area is 90.7 Å². The number of nitrogens with two attached hydrogens (primary N) is 1. The molecular formula is C12H18N2O. The van der Waals surface area contributed by atoms with Gasteiger partial charge in [0.25, 0.3) is 0 Å². The van der Waals surface area contributed by atoms with Crippen LogP contribution in [0, 0.1) is 0 Å². The fourth-order valence-electron chi connectivity index (χ4n) is 2.59. The lowest BCUT2D eigenvalue weighted by Crippen LogP contribution is -2.32. The average Bonchev–Trinajstić information content (AvgIpc) is 2.79. The fourth-order valence-corrected chi connectivity index (χ4v) is 2.59. The number of pyridine rings is 1. The van der Waals surface area contributed by atoms with E-state index in [9.17, 15) is 0 Å². The zero-order valence-electron chi connectivity index (χ0n) is 9.20. The molecule has 1 aromatic rings. The van der Waals surface area contributed by atoms with Crippen molar-refractivity contribution in [2.24, 2.45) is 5.73 Å². The van der Waals surface area contributed by atoms with Crippen LogP contribution in [0.25, 0.3) is 0 Å². The quantitative estimate of drug-likeness (QED) is 0.821. The van der Waals surface area contributed by atoms with Crippen LogP contribution in [0.15, 0.2) is 18.3 Å². The maximum atomic E-state index is 5.94. The lowest BCUT2D eigenvalue weighted by Gasteiger charge is -2.28. The van der Waals surface area contributed by atoms with Crippen LogP contribution in [0.5, 0.6) is 5.88 Å². The second-order valence-corrected chi connectivity index (χ2v) is 4.25. The summed E-state index contributed by atoms with van der Waals surface area (Å²) in [5, 5.41) is 0. The van der Waals surface area contributed by atoms with Crippen molar-refractivity contribution in [1.82, 2.24) is 4.98 Å². The molecule has 0 aromatic carbocycles. The number of ether oxygens (including phenoxy) is 1. The SMILES string of the molecule is COc1ncccc1C1(CN)CCCC1. The van der Waals surface area contributed by atoms with Crippen molar-refractivity contribution < 1.29 is 4.74 Å². The molecule has 82 valence electrons. The number of rotatable bonds is 3. The molecule has 0 spiro atoms. The smallest absolute Gasteiger partial charge is 0.216 e. The molecule has 0 radical (unpaired) electrons. The maximum Gasteiger partial charge on any atom is 0.216 e. The van der Waals surface area contributed by atoms with Crippen molar-refractivity contribution in [2.75, 3.05) is 13.7 Å². The highest BCUT2D eigenvalue weighted by atomic mass is 16.5. The third-order valence-electron chi connectivity index (χ3n) is 3.49. The number of methoxy groups -OCH3 is 1. The van der Waals surface area contributed by atoms with E-state index in [0.717, 1.165) is 18.7 Å². The van der Waals surface area contributed by atoms with Crippen LogP contribution in [-0.2, 0) is 5.41 Å². The second kappa shape index (κ2) is 4.19. The Morgan fingerprint density at radius 3 is 2.80 bits per heavy atom. The molecule has 1 heterocycles. The Morgan fingerprint density at radius 1 is 1.47 bits per heavy atom. The van der Waals surface area contributed by atoms with E-state index < -0.39 is 0 Å². The van der Waals surface area contributed by atoms with Gasteiger partial charge in [-0.05, 0) is 18.9 Å². The summed E-state index contributed by atoms with van der Waals surface area (Å²) in [6.07, 6.45) is 6.60. The Hall–Kier alpha value is -1.09. The molecule has 1 aromatic heterocycles. The molecule has 2 rings (SSSR count). The predicted octanol–water partition coefficient (Wildman–Crippen LogP) is 1.86. The first-order chi connectivity index (χ1) is 7.32. The third-order valence-corrected chi connectivity index (χ3v) is 3.49. The minimum absolute atomic E-state index is 0.111. The highest BCUT2D eigenvalue weighted by molar-refractivity contribution is 5.35. The zero-order chi connectivity index (χ0) is 10.7. The Bertz CT molecular complexity index is 332. The molecule has 2 N–H and O–H groups in total. The molecule has 1 aliphatic rings. The van der Waals surface area contributed by atoms with Gasteiger partial charge < -0.3 is 10.5 Å². The molecule has 1 aliphatic carbocycles. The molecule has 0 atom stereocenters. The van der Waals surface area contributed by atoms with Gasteiger partial charge in [0.15, 0.2) is 0 Å². The highest BCUT2D eigenvalue weighted by Gasteiger charge is 2.36. The first-order valence-electron chi connectivity index (χ1n) is 5.52. The van der Waals surface area contributed by atoms with E-state index in [2.05, 4.69) is 11.1 Å². The Morgan fingerprint density at radius 2 is 2.20 bits per heavy atom. The van der Waals surface area contributed by atoms with Crippen LogP contribution in [0.4, 0.5) is 0 Å². The van der Waals surface area contributed by atoms with E-state index >= 15 is 0 Å². The summed E-state index contributed by atoms with van der Waals surface area (Å²) in [6.45, 7) is 0.690. The zero-order valence-corrected chi connectivity index (χ0v) is 9.20. The summed E-state index contributed by atoms with van der Waals surface area (Å²) < 4.78 is 5.32. The summed E-state index contributed by atoms with van der Waals surface area (Å²) in [5.41, 5.74) is 7.24. The maximum absolute atomic E-state index is 5.94. The molecule has 0 amide bonds. The molecule has 3 nitrogen and oxygen atoms in total. The van der Waals surface area contributed by atoms with Crippen LogP contribution in [0.1, 0.15) is 31.2 Å². The fraction of sp³-hybridized carbons (Fsp3) is 0.583. The first-order valence-corrected chi connectivity index (χ1v) is 5.52. The van der Waals surface area contributed by atoms with Crippen molar-refractivity contribution >= 4 is 0 Å². The van der Waals surface area contributed by atoms with Gasteiger partial charge >= 0.3 is 0 Å². The van der Waals surface area contributed by atoms with Crippen LogP contribution in [0.3, 0.4) is 0 Å². The number of hydrogen-bond acceptors (Lipinski definition) is 3. The topological polar surface area (TPSA) is 48.1 Å². The van der Waals surface area contributed by atoms with Gasteiger partial charge in [0.2, 0.25) is 5.88 Å². The molecule has 1 saturated carbocycles. The molecular weight excluding hydrogens is 188 g/mol. The van der Waals surface area contributed by atoms with Gasteiger partial charge in [-0.3, -0.25) is 0 Å². The van der Waals surface area contributed by atoms with E-state index in [1.54, 1.807) is 13.3 Å². The molecule has 0 saturated heterocycles. The van der Waals surface area contributed by atoms with E-state index in [0.29, 0.717) is 6.54 Å². The summed E-state index contributed by atoms with van der Waals surface area (Å²) in [6, 6.07) is 4.07.